The number of esters is 1. The molecule has 1 N–H and O–H groups in total. The summed E-state index contributed by atoms with van der Waals surface area (Å²) in [6.45, 7) is 1.10. The van der Waals surface area contributed by atoms with E-state index in [1.807, 2.05) is 41.2 Å². The molecule has 2 heterocycles. The van der Waals surface area contributed by atoms with Gasteiger partial charge in [-0.1, -0.05) is 30.7 Å². The minimum Gasteiger partial charge on any atom is -0.458 e. The zero-order valence-electron chi connectivity index (χ0n) is 15.4. The molecule has 1 spiro atoms. The third-order valence-electron chi connectivity index (χ3n) is 5.80. The Morgan fingerprint density at radius 3 is 2.70 bits per heavy atom. The van der Waals surface area contributed by atoms with Crippen molar-refractivity contribution in [2.45, 2.75) is 57.2 Å². The summed E-state index contributed by atoms with van der Waals surface area (Å²) in [5.41, 5.74) is 1.60. The molecule has 1 saturated carbocycles. The first-order valence-corrected chi connectivity index (χ1v) is 9.70. The highest BCUT2D eigenvalue weighted by atomic mass is 16.6. The maximum Gasteiger partial charge on any atom is 0.307 e. The Hall–Kier alpha value is -2.63. The van der Waals surface area contributed by atoms with E-state index in [1.54, 1.807) is 6.20 Å². The molecule has 1 unspecified atom stereocenters. The Morgan fingerprint density at radius 2 is 1.96 bits per heavy atom. The van der Waals surface area contributed by atoms with E-state index in [4.69, 9.17) is 4.74 Å². The van der Waals surface area contributed by atoms with E-state index in [2.05, 4.69) is 10.4 Å². The summed E-state index contributed by atoms with van der Waals surface area (Å²) in [4.78, 5) is 24.8. The molecule has 27 heavy (non-hydrogen) atoms. The number of aromatic nitrogens is 2. The van der Waals surface area contributed by atoms with Gasteiger partial charge in [-0.15, -0.1) is 0 Å². The van der Waals surface area contributed by atoms with E-state index in [9.17, 15) is 9.59 Å². The van der Waals surface area contributed by atoms with Crippen LogP contribution in [-0.2, 0) is 27.4 Å². The second-order valence-corrected chi connectivity index (χ2v) is 7.55. The Kier molecular flexibility index (Phi) is 4.97. The number of nitrogens with zero attached hydrogens (tertiary/aromatic N) is 2. The van der Waals surface area contributed by atoms with Crippen molar-refractivity contribution in [3.8, 4) is 0 Å². The second-order valence-electron chi connectivity index (χ2n) is 7.55. The van der Waals surface area contributed by atoms with Crippen molar-refractivity contribution in [1.29, 1.82) is 0 Å². The maximum atomic E-state index is 12.9. The van der Waals surface area contributed by atoms with Gasteiger partial charge in [0.05, 0.1) is 18.9 Å². The largest absolute Gasteiger partial charge is 0.458 e. The summed E-state index contributed by atoms with van der Waals surface area (Å²) in [7, 11) is 0. The van der Waals surface area contributed by atoms with Gasteiger partial charge in [0.15, 0.2) is 0 Å². The first-order valence-electron chi connectivity index (χ1n) is 9.70. The van der Waals surface area contributed by atoms with Gasteiger partial charge in [0.2, 0.25) is 5.91 Å². The molecule has 2 aromatic rings. The molecule has 6 heteroatoms. The molecule has 1 amide bonds. The van der Waals surface area contributed by atoms with Crippen LogP contribution in [0.15, 0.2) is 42.7 Å². The van der Waals surface area contributed by atoms with E-state index in [0.29, 0.717) is 13.1 Å². The van der Waals surface area contributed by atoms with Gasteiger partial charge < -0.3 is 10.1 Å². The molecule has 4 rings (SSSR count). The number of benzene rings is 1. The second kappa shape index (κ2) is 7.55. The molecule has 0 radical (unpaired) electrons. The topological polar surface area (TPSA) is 73.2 Å². The summed E-state index contributed by atoms with van der Waals surface area (Å²) in [6.07, 6.45) is 8.65. The van der Waals surface area contributed by atoms with Crippen LogP contribution in [-0.4, -0.2) is 27.3 Å². The number of carbonyl (C=O) groups is 2. The number of hydrogen-bond acceptors (Lipinski definition) is 4. The van der Waals surface area contributed by atoms with E-state index in [-0.39, 0.29) is 24.2 Å². The normalized spacial score (nSPS) is 21.2. The fourth-order valence-electron chi connectivity index (χ4n) is 4.38. The molecule has 0 bridgehead atoms. The Labute approximate surface area is 158 Å². The third-order valence-corrected chi connectivity index (χ3v) is 5.80. The number of amides is 1. The van der Waals surface area contributed by atoms with Gasteiger partial charge in [-0.3, -0.25) is 14.3 Å². The van der Waals surface area contributed by atoms with E-state index >= 15 is 0 Å². The molecule has 1 atom stereocenters. The van der Waals surface area contributed by atoms with Crippen LogP contribution in [0, 0.1) is 5.92 Å². The monoisotopic (exact) mass is 367 g/mol. The fourth-order valence-corrected chi connectivity index (χ4v) is 4.38. The zero-order chi connectivity index (χ0) is 18.7. The van der Waals surface area contributed by atoms with Crippen molar-refractivity contribution < 1.29 is 14.3 Å². The Morgan fingerprint density at radius 1 is 1.19 bits per heavy atom. The van der Waals surface area contributed by atoms with Gasteiger partial charge in [0.1, 0.15) is 5.60 Å². The van der Waals surface area contributed by atoms with Gasteiger partial charge in [0, 0.05) is 18.9 Å². The highest BCUT2D eigenvalue weighted by Gasteiger charge is 2.52. The lowest BCUT2D eigenvalue weighted by Crippen LogP contribution is -2.45. The summed E-state index contributed by atoms with van der Waals surface area (Å²) in [6, 6.07) is 9.93. The average Bonchev–Trinajstić information content (AvgIpc) is 3.29. The average molecular weight is 367 g/mol. The van der Waals surface area contributed by atoms with Crippen LogP contribution >= 0.6 is 0 Å². The maximum absolute atomic E-state index is 12.9. The van der Waals surface area contributed by atoms with Crippen molar-refractivity contribution in [3.05, 3.63) is 53.9 Å². The first kappa shape index (κ1) is 17.8. The van der Waals surface area contributed by atoms with Crippen LogP contribution in [0.1, 0.15) is 49.7 Å². The lowest BCUT2D eigenvalue weighted by Gasteiger charge is -2.36. The predicted molar refractivity (Wildman–Crippen MR) is 99.6 cm³/mol. The predicted octanol–water partition coefficient (Wildman–Crippen LogP) is 2.81. The number of nitrogens with one attached hydrogen (secondary N) is 1. The molecule has 2 aliphatic rings. The fraction of sp³-hybridized carbons (Fsp3) is 0.476. The highest BCUT2D eigenvalue weighted by molar-refractivity contribution is 5.87. The lowest BCUT2D eigenvalue weighted by atomic mass is 9.75. The van der Waals surface area contributed by atoms with Crippen LogP contribution in [0.25, 0.3) is 0 Å². The quantitative estimate of drug-likeness (QED) is 0.825. The van der Waals surface area contributed by atoms with Crippen LogP contribution in [0.5, 0.6) is 0 Å². The van der Waals surface area contributed by atoms with Gasteiger partial charge in [0.25, 0.3) is 0 Å². The smallest absolute Gasteiger partial charge is 0.307 e. The molecular formula is C21H25N3O3. The molecular weight excluding hydrogens is 342 g/mol. The van der Waals surface area contributed by atoms with Gasteiger partial charge >= 0.3 is 5.97 Å². The van der Waals surface area contributed by atoms with Gasteiger partial charge in [-0.25, -0.2) is 0 Å². The SMILES string of the molecule is O=C1CC(C(=O)NCc2ccccc2Cn2cccn2)C2(CCCCC2)O1. The first-order chi connectivity index (χ1) is 13.2. The minimum absolute atomic E-state index is 0.0726. The van der Waals surface area contributed by atoms with E-state index < -0.39 is 5.60 Å². The lowest BCUT2D eigenvalue weighted by molar-refractivity contribution is -0.153. The number of rotatable bonds is 5. The summed E-state index contributed by atoms with van der Waals surface area (Å²) in [5.74, 6) is -0.684. The zero-order valence-corrected chi connectivity index (χ0v) is 15.4. The summed E-state index contributed by atoms with van der Waals surface area (Å²) < 4.78 is 7.52. The van der Waals surface area contributed by atoms with Crippen molar-refractivity contribution in [3.63, 3.8) is 0 Å². The molecule has 1 aromatic heterocycles. The number of ether oxygens (including phenoxy) is 1. The van der Waals surface area contributed by atoms with Crippen molar-refractivity contribution in [2.24, 2.45) is 5.92 Å². The molecule has 2 fully saturated rings. The van der Waals surface area contributed by atoms with Crippen LogP contribution in [0.4, 0.5) is 0 Å². The molecule has 1 aliphatic carbocycles. The molecule has 1 aliphatic heterocycles. The van der Waals surface area contributed by atoms with Gasteiger partial charge in [-0.2, -0.15) is 5.10 Å². The van der Waals surface area contributed by atoms with Crippen molar-refractivity contribution in [2.75, 3.05) is 0 Å². The standard InChI is InChI=1S/C21H25N3O3/c25-19-13-18(21(27-19)9-4-1-5-10-21)20(26)22-14-16-7-2-3-8-17(16)15-24-12-6-11-23-24/h2-3,6-8,11-12,18H,1,4-5,9-10,13-15H2,(H,22,26). The van der Waals surface area contributed by atoms with Crippen LogP contribution < -0.4 is 5.32 Å². The van der Waals surface area contributed by atoms with E-state index in [1.165, 1.54) is 0 Å². The van der Waals surface area contributed by atoms with Crippen molar-refractivity contribution >= 4 is 11.9 Å². The molecule has 6 nitrogen and oxygen atoms in total. The van der Waals surface area contributed by atoms with Gasteiger partial charge in [-0.05, 0) is 42.9 Å². The van der Waals surface area contributed by atoms with Crippen molar-refractivity contribution in [1.82, 2.24) is 15.1 Å². The Bertz CT molecular complexity index is 810. The Balaban J connectivity index is 1.44. The molecule has 1 saturated heterocycles. The minimum atomic E-state index is -0.575. The molecule has 1 aromatic carbocycles. The summed E-state index contributed by atoms with van der Waals surface area (Å²) in [5, 5.41) is 7.30. The molecule has 142 valence electrons. The highest BCUT2D eigenvalue weighted by Crippen LogP contribution is 2.44. The van der Waals surface area contributed by atoms with Crippen LogP contribution in [0.2, 0.25) is 0 Å². The number of hydrogen-bond donors (Lipinski definition) is 1. The third kappa shape index (κ3) is 3.75. The summed E-state index contributed by atoms with van der Waals surface area (Å²) >= 11 is 0. The number of carbonyl (C=O) groups excluding carboxylic acids is 2. The van der Waals surface area contributed by atoms with Crippen LogP contribution in [0.3, 0.4) is 0 Å². The van der Waals surface area contributed by atoms with E-state index in [0.717, 1.165) is 43.2 Å².